The number of carbonyl (C=O) groups excluding carboxylic acids is 1. The van der Waals surface area contributed by atoms with Crippen LogP contribution in [-0.2, 0) is 4.74 Å². The van der Waals surface area contributed by atoms with Gasteiger partial charge in [0.15, 0.2) is 0 Å². The van der Waals surface area contributed by atoms with Crippen LogP contribution in [0.25, 0.3) is 0 Å². The molecule has 1 saturated heterocycles. The third-order valence-corrected chi connectivity index (χ3v) is 3.20. The van der Waals surface area contributed by atoms with Crippen LogP contribution >= 0.6 is 0 Å². The fourth-order valence-corrected chi connectivity index (χ4v) is 2.03. The summed E-state index contributed by atoms with van der Waals surface area (Å²) < 4.78 is 5.18. The molecule has 0 aromatic heterocycles. The van der Waals surface area contributed by atoms with Crippen LogP contribution in [0.2, 0.25) is 0 Å². The first-order valence-corrected chi connectivity index (χ1v) is 5.51. The zero-order valence-electron chi connectivity index (χ0n) is 9.51. The third-order valence-electron chi connectivity index (χ3n) is 3.20. The van der Waals surface area contributed by atoms with Crippen molar-refractivity contribution in [3.63, 3.8) is 0 Å². The van der Waals surface area contributed by atoms with E-state index in [2.05, 4.69) is 13.8 Å². The minimum absolute atomic E-state index is 0.175. The van der Waals surface area contributed by atoms with E-state index in [1.165, 1.54) is 12.8 Å². The highest BCUT2D eigenvalue weighted by molar-refractivity contribution is 5.68. The molecule has 1 heterocycles. The van der Waals surface area contributed by atoms with Gasteiger partial charge in [-0.25, -0.2) is 4.79 Å². The van der Waals surface area contributed by atoms with Crippen molar-refractivity contribution in [1.29, 1.82) is 0 Å². The third kappa shape index (κ3) is 2.40. The van der Waals surface area contributed by atoms with E-state index in [4.69, 9.17) is 4.74 Å². The molecule has 82 valence electrons. The summed E-state index contributed by atoms with van der Waals surface area (Å²) in [6.45, 7) is 5.83. The zero-order chi connectivity index (χ0) is 10.6. The fourth-order valence-electron chi connectivity index (χ4n) is 2.03. The van der Waals surface area contributed by atoms with Crippen LogP contribution in [0, 0.1) is 5.41 Å². The van der Waals surface area contributed by atoms with Crippen molar-refractivity contribution in [2.45, 2.75) is 39.5 Å². The lowest BCUT2D eigenvalue weighted by Gasteiger charge is -2.40. The van der Waals surface area contributed by atoms with E-state index in [1.54, 1.807) is 4.90 Å². The van der Waals surface area contributed by atoms with Crippen molar-refractivity contribution in [2.75, 3.05) is 20.2 Å². The normalized spacial score (nSPS) is 27.6. The summed E-state index contributed by atoms with van der Waals surface area (Å²) in [7, 11) is 1.82. The average Bonchev–Trinajstić information content (AvgIpc) is 2.20. The standard InChI is InChI=1S/C11H21NO2/c1-4-6-7-11(5-2)8-12(3)10(13)14-9-11/h4-9H2,1-3H3/t11-/m0/s1. The van der Waals surface area contributed by atoms with Gasteiger partial charge in [0, 0.05) is 19.0 Å². The maximum absolute atomic E-state index is 11.2. The number of carbonyl (C=O) groups is 1. The Morgan fingerprint density at radius 2 is 2.21 bits per heavy atom. The summed E-state index contributed by atoms with van der Waals surface area (Å²) >= 11 is 0. The summed E-state index contributed by atoms with van der Waals surface area (Å²) in [5.74, 6) is 0. The van der Waals surface area contributed by atoms with Crippen LogP contribution in [0.5, 0.6) is 0 Å². The Kier molecular flexibility index (Phi) is 3.78. The second kappa shape index (κ2) is 4.67. The number of nitrogens with zero attached hydrogens (tertiary/aromatic N) is 1. The minimum atomic E-state index is -0.175. The zero-order valence-corrected chi connectivity index (χ0v) is 9.51. The lowest BCUT2D eigenvalue weighted by atomic mass is 9.80. The number of rotatable bonds is 4. The molecular formula is C11H21NO2. The smallest absolute Gasteiger partial charge is 0.409 e. The molecule has 3 nitrogen and oxygen atoms in total. The second-order valence-electron chi connectivity index (χ2n) is 4.37. The first-order chi connectivity index (χ1) is 6.63. The Morgan fingerprint density at radius 1 is 1.50 bits per heavy atom. The Bertz CT molecular complexity index is 205. The van der Waals surface area contributed by atoms with Crippen molar-refractivity contribution in [2.24, 2.45) is 5.41 Å². The number of hydrogen-bond donors (Lipinski definition) is 0. The van der Waals surface area contributed by atoms with Gasteiger partial charge in [-0.1, -0.05) is 26.7 Å². The fraction of sp³-hybridized carbons (Fsp3) is 0.909. The number of cyclic esters (lactones) is 1. The van der Waals surface area contributed by atoms with E-state index >= 15 is 0 Å². The van der Waals surface area contributed by atoms with E-state index in [1.807, 2.05) is 7.05 Å². The van der Waals surface area contributed by atoms with Gasteiger partial charge in [0.1, 0.15) is 6.61 Å². The number of amides is 1. The molecule has 1 aliphatic heterocycles. The van der Waals surface area contributed by atoms with Gasteiger partial charge in [-0.3, -0.25) is 0 Å². The van der Waals surface area contributed by atoms with Crippen LogP contribution < -0.4 is 0 Å². The maximum Gasteiger partial charge on any atom is 0.409 e. The molecule has 0 unspecified atom stereocenters. The first kappa shape index (κ1) is 11.3. The van der Waals surface area contributed by atoms with Crippen LogP contribution in [0.15, 0.2) is 0 Å². The predicted octanol–water partition coefficient (Wildman–Crippen LogP) is 2.66. The Morgan fingerprint density at radius 3 is 2.71 bits per heavy atom. The molecule has 1 amide bonds. The molecule has 1 aliphatic rings. The molecular weight excluding hydrogens is 178 g/mol. The summed E-state index contributed by atoms with van der Waals surface area (Å²) in [5, 5.41) is 0. The van der Waals surface area contributed by atoms with E-state index in [-0.39, 0.29) is 11.5 Å². The van der Waals surface area contributed by atoms with Crippen molar-refractivity contribution < 1.29 is 9.53 Å². The molecule has 0 saturated carbocycles. The molecule has 3 heteroatoms. The Balaban J connectivity index is 2.56. The largest absolute Gasteiger partial charge is 0.449 e. The van der Waals surface area contributed by atoms with Gasteiger partial charge in [-0.2, -0.15) is 0 Å². The molecule has 1 rings (SSSR count). The molecule has 0 N–H and O–H groups in total. The molecule has 1 fully saturated rings. The molecule has 0 spiro atoms. The first-order valence-electron chi connectivity index (χ1n) is 5.51. The quantitative estimate of drug-likeness (QED) is 0.696. The van der Waals surface area contributed by atoms with Crippen molar-refractivity contribution in [3.05, 3.63) is 0 Å². The van der Waals surface area contributed by atoms with Gasteiger partial charge in [0.2, 0.25) is 0 Å². The number of hydrogen-bond acceptors (Lipinski definition) is 2. The SMILES string of the molecule is CCCC[C@]1(CC)COC(=O)N(C)C1. The highest BCUT2D eigenvalue weighted by Crippen LogP contribution is 2.33. The van der Waals surface area contributed by atoms with Crippen LogP contribution in [0.1, 0.15) is 39.5 Å². The molecule has 0 aromatic rings. The summed E-state index contributed by atoms with van der Waals surface area (Å²) in [5.41, 5.74) is 0.207. The highest BCUT2D eigenvalue weighted by Gasteiger charge is 2.36. The molecule has 0 radical (unpaired) electrons. The Labute approximate surface area is 86.4 Å². The maximum atomic E-state index is 11.2. The lowest BCUT2D eigenvalue weighted by Crippen LogP contribution is -2.47. The molecule has 0 bridgehead atoms. The van der Waals surface area contributed by atoms with E-state index < -0.39 is 0 Å². The topological polar surface area (TPSA) is 29.5 Å². The van der Waals surface area contributed by atoms with Crippen molar-refractivity contribution in [1.82, 2.24) is 4.90 Å². The summed E-state index contributed by atoms with van der Waals surface area (Å²) in [4.78, 5) is 12.9. The highest BCUT2D eigenvalue weighted by atomic mass is 16.6. The van der Waals surface area contributed by atoms with E-state index in [9.17, 15) is 4.79 Å². The van der Waals surface area contributed by atoms with Crippen LogP contribution in [-0.4, -0.2) is 31.2 Å². The number of unbranched alkanes of at least 4 members (excludes halogenated alkanes) is 1. The molecule has 0 aliphatic carbocycles. The van der Waals surface area contributed by atoms with Gasteiger partial charge in [-0.05, 0) is 12.8 Å². The second-order valence-corrected chi connectivity index (χ2v) is 4.37. The van der Waals surface area contributed by atoms with Gasteiger partial charge < -0.3 is 9.64 Å². The lowest BCUT2D eigenvalue weighted by molar-refractivity contribution is -0.00609. The Hall–Kier alpha value is -0.730. The summed E-state index contributed by atoms with van der Waals surface area (Å²) in [6.07, 6.45) is 4.51. The van der Waals surface area contributed by atoms with E-state index in [0.717, 1.165) is 19.4 Å². The van der Waals surface area contributed by atoms with Gasteiger partial charge in [-0.15, -0.1) is 0 Å². The van der Waals surface area contributed by atoms with Crippen LogP contribution in [0.4, 0.5) is 4.79 Å². The van der Waals surface area contributed by atoms with Gasteiger partial charge in [0.05, 0.1) is 0 Å². The van der Waals surface area contributed by atoms with Crippen molar-refractivity contribution in [3.8, 4) is 0 Å². The monoisotopic (exact) mass is 199 g/mol. The van der Waals surface area contributed by atoms with Crippen LogP contribution in [0.3, 0.4) is 0 Å². The molecule has 1 atom stereocenters. The van der Waals surface area contributed by atoms with E-state index in [0.29, 0.717) is 6.61 Å². The van der Waals surface area contributed by atoms with Crippen molar-refractivity contribution >= 4 is 6.09 Å². The minimum Gasteiger partial charge on any atom is -0.449 e. The average molecular weight is 199 g/mol. The van der Waals surface area contributed by atoms with Gasteiger partial charge >= 0.3 is 6.09 Å². The predicted molar refractivity (Wildman–Crippen MR) is 56.2 cm³/mol. The molecule has 0 aromatic carbocycles. The summed E-state index contributed by atoms with van der Waals surface area (Å²) in [6, 6.07) is 0. The number of ether oxygens (including phenoxy) is 1. The van der Waals surface area contributed by atoms with Gasteiger partial charge in [0.25, 0.3) is 0 Å². The molecule has 14 heavy (non-hydrogen) atoms.